The third-order valence-corrected chi connectivity index (χ3v) is 4.95. The van der Waals surface area contributed by atoms with Crippen LogP contribution >= 0.6 is 0 Å². The molecule has 27 heavy (non-hydrogen) atoms. The molecule has 142 valence electrons. The molecule has 1 fully saturated rings. The van der Waals surface area contributed by atoms with Gasteiger partial charge in [-0.25, -0.2) is 9.50 Å². The Balaban J connectivity index is 1.71. The van der Waals surface area contributed by atoms with Gasteiger partial charge in [-0.2, -0.15) is 18.3 Å². The van der Waals surface area contributed by atoms with Crippen LogP contribution < -0.4 is 0 Å². The van der Waals surface area contributed by atoms with Crippen LogP contribution in [-0.4, -0.2) is 31.0 Å². The molecule has 3 aromatic heterocycles. The summed E-state index contributed by atoms with van der Waals surface area (Å²) in [5, 5.41) is 4.30. The molecule has 1 atom stereocenters. The van der Waals surface area contributed by atoms with Gasteiger partial charge in [-0.1, -0.05) is 13.0 Å². The van der Waals surface area contributed by atoms with Gasteiger partial charge in [0, 0.05) is 24.5 Å². The molecule has 0 aliphatic carbocycles. The molecule has 4 heterocycles. The van der Waals surface area contributed by atoms with Gasteiger partial charge in [0.25, 0.3) is 0 Å². The Hall–Kier alpha value is -2.48. The number of fused-ring (bicyclic) bond motifs is 1. The molecular weight excluding hydrogens is 355 g/mol. The summed E-state index contributed by atoms with van der Waals surface area (Å²) in [6, 6.07) is 8.50. The maximum Gasteiger partial charge on any atom is 0.433 e. The van der Waals surface area contributed by atoms with E-state index in [1.165, 1.54) is 0 Å². The van der Waals surface area contributed by atoms with Gasteiger partial charge in [0.15, 0.2) is 5.65 Å². The van der Waals surface area contributed by atoms with E-state index in [1.807, 2.05) is 18.2 Å². The largest absolute Gasteiger partial charge is 0.433 e. The average Bonchev–Trinajstić information content (AvgIpc) is 3.26. The Morgan fingerprint density at radius 1 is 1.19 bits per heavy atom. The third kappa shape index (κ3) is 3.53. The van der Waals surface area contributed by atoms with Gasteiger partial charge in [0.05, 0.1) is 17.4 Å². The van der Waals surface area contributed by atoms with E-state index in [-0.39, 0.29) is 11.7 Å². The number of aryl methyl sites for hydroxylation is 1. The van der Waals surface area contributed by atoms with Crippen molar-refractivity contribution in [2.75, 3.05) is 6.54 Å². The Labute approximate surface area is 154 Å². The summed E-state index contributed by atoms with van der Waals surface area (Å²) in [5.41, 5.74) is 1.47. The van der Waals surface area contributed by atoms with Crippen molar-refractivity contribution in [1.82, 2.24) is 24.5 Å². The topological polar surface area (TPSA) is 46.3 Å². The van der Waals surface area contributed by atoms with Gasteiger partial charge in [-0.15, -0.1) is 0 Å². The Morgan fingerprint density at radius 2 is 2.04 bits per heavy atom. The average molecular weight is 375 g/mol. The van der Waals surface area contributed by atoms with Crippen molar-refractivity contribution >= 4 is 5.65 Å². The minimum Gasteiger partial charge on any atom is -0.289 e. The van der Waals surface area contributed by atoms with Crippen LogP contribution in [0.1, 0.15) is 48.6 Å². The molecular formula is C19H20F3N5. The first-order valence-corrected chi connectivity index (χ1v) is 9.06. The van der Waals surface area contributed by atoms with Gasteiger partial charge >= 0.3 is 6.18 Å². The van der Waals surface area contributed by atoms with Crippen molar-refractivity contribution in [3.05, 3.63) is 59.3 Å². The van der Waals surface area contributed by atoms with Gasteiger partial charge in [-0.3, -0.25) is 9.88 Å². The summed E-state index contributed by atoms with van der Waals surface area (Å²) in [6.07, 6.45) is -0.450. The standard InChI is InChI=1S/C19H20F3N5/c1-2-13-10-17(19(20,21)22)27-18(24-13)11-15(25-27)16-7-5-9-26(16)12-14-6-3-4-8-23-14/h3-4,6,8,10-11,16H,2,5,7,9,12H2,1H3/t16-/m1/s1. The molecule has 0 unspecified atom stereocenters. The summed E-state index contributed by atoms with van der Waals surface area (Å²) >= 11 is 0. The molecule has 0 bridgehead atoms. The third-order valence-electron chi connectivity index (χ3n) is 4.95. The number of alkyl halides is 3. The number of likely N-dealkylation sites (tertiary alicyclic amines) is 1. The van der Waals surface area contributed by atoms with E-state index in [0.29, 0.717) is 24.4 Å². The van der Waals surface area contributed by atoms with Crippen molar-refractivity contribution < 1.29 is 13.2 Å². The highest BCUT2D eigenvalue weighted by Gasteiger charge is 2.36. The number of rotatable bonds is 4. The molecule has 1 aliphatic heterocycles. The van der Waals surface area contributed by atoms with Gasteiger partial charge in [0.1, 0.15) is 5.69 Å². The van der Waals surface area contributed by atoms with Crippen molar-refractivity contribution in [2.24, 2.45) is 0 Å². The molecule has 0 saturated carbocycles. The first-order valence-electron chi connectivity index (χ1n) is 9.06. The molecule has 5 nitrogen and oxygen atoms in total. The second-order valence-corrected chi connectivity index (χ2v) is 6.77. The quantitative estimate of drug-likeness (QED) is 0.690. The van der Waals surface area contributed by atoms with E-state index in [2.05, 4.69) is 20.0 Å². The zero-order valence-corrected chi connectivity index (χ0v) is 14.9. The maximum atomic E-state index is 13.5. The summed E-state index contributed by atoms with van der Waals surface area (Å²) in [6.45, 7) is 3.32. The predicted molar refractivity (Wildman–Crippen MR) is 94.0 cm³/mol. The fourth-order valence-corrected chi connectivity index (χ4v) is 3.64. The molecule has 1 aliphatic rings. The molecule has 0 aromatic carbocycles. The lowest BCUT2D eigenvalue weighted by Gasteiger charge is -2.22. The SMILES string of the molecule is CCc1cc(C(F)(F)F)n2nc([C@H]3CCCN3Cc3ccccn3)cc2n1. The van der Waals surface area contributed by atoms with Crippen LogP contribution in [0, 0.1) is 0 Å². The van der Waals surface area contributed by atoms with E-state index in [4.69, 9.17) is 0 Å². The lowest BCUT2D eigenvalue weighted by Crippen LogP contribution is -2.23. The van der Waals surface area contributed by atoms with Crippen LogP contribution in [0.4, 0.5) is 13.2 Å². The summed E-state index contributed by atoms with van der Waals surface area (Å²) in [5.74, 6) is 0. The van der Waals surface area contributed by atoms with Crippen LogP contribution in [0.25, 0.3) is 5.65 Å². The number of halogens is 3. The van der Waals surface area contributed by atoms with Gasteiger partial charge in [0.2, 0.25) is 0 Å². The van der Waals surface area contributed by atoms with Crippen LogP contribution in [0.5, 0.6) is 0 Å². The van der Waals surface area contributed by atoms with Crippen LogP contribution in [0.3, 0.4) is 0 Å². The molecule has 0 radical (unpaired) electrons. The second kappa shape index (κ2) is 6.92. The van der Waals surface area contributed by atoms with Crippen LogP contribution in [-0.2, 0) is 19.1 Å². The van der Waals surface area contributed by atoms with Crippen molar-refractivity contribution in [2.45, 2.75) is 44.9 Å². The first kappa shape index (κ1) is 17.9. The monoisotopic (exact) mass is 375 g/mol. The molecule has 0 amide bonds. The second-order valence-electron chi connectivity index (χ2n) is 6.77. The summed E-state index contributed by atoms with van der Waals surface area (Å²) in [4.78, 5) is 10.9. The number of pyridine rings is 1. The zero-order chi connectivity index (χ0) is 19.0. The van der Waals surface area contributed by atoms with E-state index >= 15 is 0 Å². The van der Waals surface area contributed by atoms with E-state index < -0.39 is 11.9 Å². The maximum absolute atomic E-state index is 13.5. The molecule has 1 saturated heterocycles. The molecule has 0 spiro atoms. The smallest absolute Gasteiger partial charge is 0.289 e. The molecule has 4 rings (SSSR count). The van der Waals surface area contributed by atoms with Gasteiger partial charge < -0.3 is 0 Å². The minimum atomic E-state index is -4.47. The Kier molecular flexibility index (Phi) is 4.59. The number of hydrogen-bond donors (Lipinski definition) is 0. The minimum absolute atomic E-state index is 0.0279. The summed E-state index contributed by atoms with van der Waals surface area (Å²) < 4.78 is 41.4. The first-order chi connectivity index (χ1) is 13.0. The van der Waals surface area contributed by atoms with Crippen LogP contribution in [0.2, 0.25) is 0 Å². The summed E-state index contributed by atoms with van der Waals surface area (Å²) in [7, 11) is 0. The number of hydrogen-bond acceptors (Lipinski definition) is 4. The van der Waals surface area contributed by atoms with Crippen molar-refractivity contribution in [1.29, 1.82) is 0 Å². The van der Waals surface area contributed by atoms with E-state index in [0.717, 1.165) is 35.7 Å². The van der Waals surface area contributed by atoms with Crippen molar-refractivity contribution in [3.63, 3.8) is 0 Å². The Bertz CT molecular complexity index is 936. The highest BCUT2D eigenvalue weighted by Crippen LogP contribution is 2.35. The van der Waals surface area contributed by atoms with Crippen LogP contribution in [0.15, 0.2) is 36.5 Å². The molecule has 0 N–H and O–H groups in total. The lowest BCUT2D eigenvalue weighted by molar-refractivity contribution is -0.142. The lowest BCUT2D eigenvalue weighted by atomic mass is 10.1. The highest BCUT2D eigenvalue weighted by molar-refractivity contribution is 5.43. The number of aromatic nitrogens is 4. The fraction of sp³-hybridized carbons (Fsp3) is 0.421. The van der Waals surface area contributed by atoms with E-state index in [9.17, 15) is 13.2 Å². The van der Waals surface area contributed by atoms with Gasteiger partial charge in [-0.05, 0) is 44.0 Å². The predicted octanol–water partition coefficient (Wildman–Crippen LogP) is 4.04. The van der Waals surface area contributed by atoms with Crippen molar-refractivity contribution in [3.8, 4) is 0 Å². The number of nitrogens with zero attached hydrogens (tertiary/aromatic N) is 5. The fourth-order valence-electron chi connectivity index (χ4n) is 3.64. The Morgan fingerprint density at radius 3 is 2.74 bits per heavy atom. The normalized spacial score (nSPS) is 18.4. The highest BCUT2D eigenvalue weighted by atomic mass is 19.4. The van der Waals surface area contributed by atoms with E-state index in [1.54, 1.807) is 19.2 Å². The molecule has 3 aromatic rings. The zero-order valence-electron chi connectivity index (χ0n) is 14.9. The molecule has 8 heteroatoms.